The maximum absolute atomic E-state index is 13.8. The number of anilines is 4. The number of hydrogen-bond donors (Lipinski definition) is 3. The van der Waals surface area contributed by atoms with E-state index in [1.165, 1.54) is 30.1 Å². The molecule has 17 heteroatoms. The number of fused-ring (bicyclic) bond motifs is 1. The average Bonchev–Trinajstić information content (AvgIpc) is 3.49. The van der Waals surface area contributed by atoms with E-state index in [1.807, 2.05) is 36.0 Å². The molecular weight excluding hydrogens is 631 g/mol. The fourth-order valence-corrected chi connectivity index (χ4v) is 7.19. The first-order valence-corrected chi connectivity index (χ1v) is 16.3. The molecule has 0 bridgehead atoms. The highest BCUT2D eigenvalue weighted by Gasteiger charge is 2.37. The summed E-state index contributed by atoms with van der Waals surface area (Å²) in [6.45, 7) is 1.42. The van der Waals surface area contributed by atoms with Crippen LogP contribution in [-0.4, -0.2) is 67.9 Å². The zero-order chi connectivity index (χ0) is 31.6. The van der Waals surface area contributed by atoms with E-state index in [0.29, 0.717) is 26.1 Å². The molecule has 0 saturated carbocycles. The molecule has 1 aliphatic heterocycles. The average molecular weight is 658 g/mol. The Bertz CT molecular complexity index is 1980. The fraction of sp³-hybridized carbons (Fsp3) is 0.250. The molecule has 6 rings (SSSR count). The molecule has 0 spiro atoms. The van der Waals surface area contributed by atoms with Crippen molar-refractivity contribution in [1.29, 1.82) is 0 Å². The van der Waals surface area contributed by atoms with Crippen molar-refractivity contribution in [3.63, 3.8) is 0 Å². The van der Waals surface area contributed by atoms with E-state index in [-0.39, 0.29) is 23.0 Å². The van der Waals surface area contributed by atoms with Crippen molar-refractivity contribution in [2.75, 3.05) is 35.2 Å². The molecule has 1 aliphatic rings. The lowest BCUT2D eigenvalue weighted by atomic mass is 10.1. The molecule has 1 unspecified atom stereocenters. The number of nitrogens with one attached hydrogen (secondary N) is 3. The monoisotopic (exact) mass is 657 g/mol. The van der Waals surface area contributed by atoms with Crippen molar-refractivity contribution in [3.05, 3.63) is 94.9 Å². The molecule has 12 nitrogen and oxygen atoms in total. The van der Waals surface area contributed by atoms with Crippen LogP contribution in [0.5, 0.6) is 0 Å². The summed E-state index contributed by atoms with van der Waals surface area (Å²) < 4.78 is 65.8. The fourth-order valence-electron chi connectivity index (χ4n) is 4.85. The maximum Gasteiger partial charge on any atom is 0.404 e. The number of benzene rings is 1. The highest BCUT2D eigenvalue weighted by Crippen LogP contribution is 2.31. The summed E-state index contributed by atoms with van der Waals surface area (Å²) in [4.78, 5) is 26.8. The summed E-state index contributed by atoms with van der Waals surface area (Å²) in [5.74, 6) is -0.924. The van der Waals surface area contributed by atoms with Crippen LogP contribution in [-0.2, 0) is 16.6 Å². The van der Waals surface area contributed by atoms with E-state index in [9.17, 15) is 26.4 Å². The van der Waals surface area contributed by atoms with Gasteiger partial charge in [0.25, 0.3) is 15.6 Å². The van der Waals surface area contributed by atoms with Crippen LogP contribution < -0.4 is 21.5 Å². The minimum Gasteiger partial charge on any atom is -0.350 e. The van der Waals surface area contributed by atoms with Gasteiger partial charge in [-0.3, -0.25) is 14.3 Å². The van der Waals surface area contributed by atoms with Crippen LogP contribution >= 0.6 is 11.8 Å². The van der Waals surface area contributed by atoms with Crippen molar-refractivity contribution in [2.24, 2.45) is 0 Å². The molecule has 0 amide bonds. The van der Waals surface area contributed by atoms with Gasteiger partial charge in [0, 0.05) is 47.6 Å². The standard InChI is InChI=1S/C28H26F3N9O3S2/c29-28(30,31)17-45(42,43)40-22(7-9-35-40)16-39-25-19(12-23(26(39)41)36-21-2-1-8-32-14-21)13-34-27(38-25)37-20-5-3-18(4-6-20)24-15-33-10-11-44-24/h1-9,12-14,24,33,36H,10-11,15-17H2,(H,34,37,38). The van der Waals surface area contributed by atoms with Crippen molar-refractivity contribution < 1.29 is 21.6 Å². The van der Waals surface area contributed by atoms with Crippen LogP contribution in [0.15, 0.2) is 78.1 Å². The topological polar surface area (TPSA) is 149 Å². The molecule has 4 aromatic heterocycles. The van der Waals surface area contributed by atoms with Crippen molar-refractivity contribution in [1.82, 2.24) is 34.0 Å². The zero-order valence-electron chi connectivity index (χ0n) is 23.4. The third kappa shape index (κ3) is 7.10. The summed E-state index contributed by atoms with van der Waals surface area (Å²) in [6, 6.07) is 14.0. The van der Waals surface area contributed by atoms with Gasteiger partial charge in [0.1, 0.15) is 11.3 Å². The largest absolute Gasteiger partial charge is 0.404 e. The Morgan fingerprint density at radius 2 is 1.87 bits per heavy atom. The van der Waals surface area contributed by atoms with Crippen molar-refractivity contribution in [2.45, 2.75) is 18.0 Å². The summed E-state index contributed by atoms with van der Waals surface area (Å²) in [5, 5.41) is 13.9. The van der Waals surface area contributed by atoms with E-state index in [0.717, 1.165) is 29.6 Å². The Morgan fingerprint density at radius 3 is 2.58 bits per heavy atom. The van der Waals surface area contributed by atoms with E-state index >= 15 is 0 Å². The number of halogens is 3. The van der Waals surface area contributed by atoms with Gasteiger partial charge in [-0.05, 0) is 42.0 Å². The molecule has 5 heterocycles. The van der Waals surface area contributed by atoms with Crippen LogP contribution in [0.2, 0.25) is 0 Å². The van der Waals surface area contributed by atoms with Gasteiger partial charge in [-0.15, -0.1) is 0 Å². The molecule has 3 N–H and O–H groups in total. The van der Waals surface area contributed by atoms with Crippen LogP contribution in [0.4, 0.5) is 36.2 Å². The van der Waals surface area contributed by atoms with Gasteiger partial charge in [0.2, 0.25) is 5.95 Å². The number of alkyl halides is 3. The van der Waals surface area contributed by atoms with E-state index in [2.05, 4.69) is 36.0 Å². The number of pyridine rings is 2. The predicted molar refractivity (Wildman–Crippen MR) is 166 cm³/mol. The minimum absolute atomic E-state index is 0.0923. The van der Waals surface area contributed by atoms with E-state index < -0.39 is 34.1 Å². The first kappa shape index (κ1) is 30.5. The Morgan fingerprint density at radius 1 is 1.04 bits per heavy atom. The smallest absolute Gasteiger partial charge is 0.350 e. The van der Waals surface area contributed by atoms with Gasteiger partial charge >= 0.3 is 6.18 Å². The highest BCUT2D eigenvalue weighted by molar-refractivity contribution is 7.99. The van der Waals surface area contributed by atoms with Crippen LogP contribution in [0.25, 0.3) is 11.0 Å². The van der Waals surface area contributed by atoms with Crippen LogP contribution in [0.1, 0.15) is 16.5 Å². The second-order valence-electron chi connectivity index (χ2n) is 10.1. The van der Waals surface area contributed by atoms with E-state index in [1.54, 1.807) is 18.3 Å². The number of thioether (sulfide) groups is 1. The molecule has 1 fully saturated rings. The predicted octanol–water partition coefficient (Wildman–Crippen LogP) is 4.04. The first-order valence-electron chi connectivity index (χ1n) is 13.7. The SMILES string of the molecule is O=c1c(Nc2cccnc2)cc2cnc(Nc3ccc(C4CNCCS4)cc3)nc2n1Cc1ccnn1S(=O)(=O)CC(F)(F)F. The number of nitrogens with zero attached hydrogens (tertiary/aromatic N) is 6. The van der Waals surface area contributed by atoms with Crippen LogP contribution in [0, 0.1) is 0 Å². The zero-order valence-corrected chi connectivity index (χ0v) is 25.0. The maximum atomic E-state index is 13.8. The third-order valence-electron chi connectivity index (χ3n) is 6.85. The van der Waals surface area contributed by atoms with Crippen molar-refractivity contribution >= 4 is 55.8 Å². The molecule has 45 heavy (non-hydrogen) atoms. The van der Waals surface area contributed by atoms with Gasteiger partial charge in [0.05, 0.1) is 30.3 Å². The lowest BCUT2D eigenvalue weighted by Crippen LogP contribution is -2.31. The van der Waals surface area contributed by atoms with Gasteiger partial charge < -0.3 is 16.0 Å². The van der Waals surface area contributed by atoms with Crippen molar-refractivity contribution in [3.8, 4) is 0 Å². The third-order valence-corrected chi connectivity index (χ3v) is 9.68. The Kier molecular flexibility index (Phi) is 8.48. The lowest BCUT2D eigenvalue weighted by Gasteiger charge is -2.22. The Balaban J connectivity index is 1.37. The Labute approximate surface area is 259 Å². The molecule has 1 saturated heterocycles. The molecule has 1 atom stereocenters. The summed E-state index contributed by atoms with van der Waals surface area (Å²) >= 11 is 1.89. The van der Waals surface area contributed by atoms with Gasteiger partial charge in [-0.25, -0.2) is 13.4 Å². The minimum atomic E-state index is -4.99. The second kappa shape index (κ2) is 12.5. The van der Waals surface area contributed by atoms with Crippen LogP contribution in [0.3, 0.4) is 0 Å². The Hall–Kier alpha value is -4.48. The molecule has 5 aromatic rings. The summed E-state index contributed by atoms with van der Waals surface area (Å²) in [5.41, 5.74) is 1.82. The summed E-state index contributed by atoms with van der Waals surface area (Å²) in [7, 11) is -4.92. The molecule has 234 valence electrons. The second-order valence-corrected chi connectivity index (χ2v) is 13.2. The molecular formula is C28H26F3N9O3S2. The number of aromatic nitrogens is 6. The number of rotatable bonds is 9. The van der Waals surface area contributed by atoms with Gasteiger partial charge in [-0.2, -0.15) is 39.1 Å². The summed E-state index contributed by atoms with van der Waals surface area (Å²) in [6.07, 6.45) is 0.629. The normalized spacial score (nSPS) is 15.7. The van der Waals surface area contributed by atoms with E-state index in [4.69, 9.17) is 0 Å². The molecule has 0 aliphatic carbocycles. The van der Waals surface area contributed by atoms with Gasteiger partial charge in [0.15, 0.2) is 5.75 Å². The highest BCUT2D eigenvalue weighted by atomic mass is 32.2. The molecule has 1 aromatic carbocycles. The van der Waals surface area contributed by atoms with Gasteiger partial charge in [-0.1, -0.05) is 12.1 Å². The quantitative estimate of drug-likeness (QED) is 0.211. The number of hydrogen-bond acceptors (Lipinski definition) is 11. The molecule has 0 radical (unpaired) electrons. The lowest BCUT2D eigenvalue weighted by molar-refractivity contribution is -0.106. The first-order chi connectivity index (χ1) is 21.6.